The van der Waals surface area contributed by atoms with Crippen LogP contribution in [0.1, 0.15) is 25.8 Å². The first-order valence-corrected chi connectivity index (χ1v) is 7.18. The van der Waals surface area contributed by atoms with Crippen LogP contribution >= 0.6 is 11.6 Å². The molecule has 0 aromatic heterocycles. The summed E-state index contributed by atoms with van der Waals surface area (Å²) in [5.74, 6) is 1.55. The van der Waals surface area contributed by atoms with Crippen molar-refractivity contribution < 1.29 is 0 Å². The highest BCUT2D eigenvalue weighted by molar-refractivity contribution is 6.33. The molecule has 1 fully saturated rings. The summed E-state index contributed by atoms with van der Waals surface area (Å²) in [5.41, 5.74) is 2.53. The molecule has 1 unspecified atom stereocenters. The Morgan fingerprint density at radius 1 is 1.44 bits per heavy atom. The highest BCUT2D eigenvalue weighted by Gasteiger charge is 2.27. The summed E-state index contributed by atoms with van der Waals surface area (Å²) < 4.78 is 0. The van der Waals surface area contributed by atoms with E-state index in [1.165, 1.54) is 17.7 Å². The average Bonchev–Trinajstić information content (AvgIpc) is 2.79. The van der Waals surface area contributed by atoms with E-state index in [9.17, 15) is 0 Å². The molecule has 1 aromatic carbocycles. The number of rotatable bonds is 4. The molecular weight excluding hydrogens is 244 g/mol. The Morgan fingerprint density at radius 2 is 2.22 bits per heavy atom. The first-order chi connectivity index (χ1) is 8.63. The van der Waals surface area contributed by atoms with Crippen LogP contribution in [-0.4, -0.2) is 20.1 Å². The predicted octanol–water partition coefficient (Wildman–Crippen LogP) is 3.54. The topological polar surface area (TPSA) is 15.3 Å². The lowest BCUT2D eigenvalue weighted by atomic mass is 9.95. The molecule has 1 N–H and O–H groups in total. The Bertz CT molecular complexity index is 403. The second kappa shape index (κ2) is 5.94. The summed E-state index contributed by atoms with van der Waals surface area (Å²) >= 11 is 6.40. The van der Waals surface area contributed by atoms with Gasteiger partial charge >= 0.3 is 0 Å². The number of nitrogens with zero attached hydrogens (tertiary/aromatic N) is 1. The van der Waals surface area contributed by atoms with E-state index in [-0.39, 0.29) is 0 Å². The molecule has 0 bridgehead atoms. The minimum absolute atomic E-state index is 0.755. The van der Waals surface area contributed by atoms with Crippen molar-refractivity contribution in [3.63, 3.8) is 0 Å². The van der Waals surface area contributed by atoms with Crippen molar-refractivity contribution in [1.82, 2.24) is 5.32 Å². The maximum atomic E-state index is 6.40. The van der Waals surface area contributed by atoms with Crippen LogP contribution in [0.5, 0.6) is 0 Å². The largest absolute Gasteiger partial charge is 0.370 e. The zero-order valence-corrected chi connectivity index (χ0v) is 12.3. The molecule has 0 radical (unpaired) electrons. The summed E-state index contributed by atoms with van der Waals surface area (Å²) in [7, 11) is 1.98. The second-order valence-electron chi connectivity index (χ2n) is 5.52. The zero-order valence-electron chi connectivity index (χ0n) is 11.5. The van der Waals surface area contributed by atoms with Crippen LogP contribution in [0.25, 0.3) is 0 Å². The first kappa shape index (κ1) is 13.7. The lowest BCUT2D eigenvalue weighted by Gasteiger charge is -2.24. The average molecular weight is 267 g/mol. The molecule has 1 aliphatic heterocycles. The van der Waals surface area contributed by atoms with Crippen LogP contribution in [0.2, 0.25) is 5.02 Å². The molecule has 18 heavy (non-hydrogen) atoms. The van der Waals surface area contributed by atoms with Crippen LogP contribution in [0.15, 0.2) is 18.2 Å². The maximum absolute atomic E-state index is 6.40. The Labute approximate surface area is 115 Å². The summed E-state index contributed by atoms with van der Waals surface area (Å²) in [5, 5.41) is 4.11. The van der Waals surface area contributed by atoms with E-state index in [2.05, 4.69) is 30.1 Å². The molecular formula is C15H23ClN2. The van der Waals surface area contributed by atoms with Crippen molar-refractivity contribution in [3.05, 3.63) is 28.8 Å². The number of benzene rings is 1. The van der Waals surface area contributed by atoms with Crippen LogP contribution in [0, 0.1) is 11.8 Å². The zero-order chi connectivity index (χ0) is 13.1. The summed E-state index contributed by atoms with van der Waals surface area (Å²) in [6, 6.07) is 6.20. The molecule has 1 aliphatic rings. The quantitative estimate of drug-likeness (QED) is 0.897. The van der Waals surface area contributed by atoms with Crippen LogP contribution in [-0.2, 0) is 6.54 Å². The second-order valence-corrected chi connectivity index (χ2v) is 5.92. The minimum atomic E-state index is 0.755. The number of hydrogen-bond acceptors (Lipinski definition) is 2. The Kier molecular flexibility index (Phi) is 4.52. The predicted molar refractivity (Wildman–Crippen MR) is 79.4 cm³/mol. The molecule has 0 spiro atoms. The van der Waals surface area contributed by atoms with Crippen LogP contribution in [0.3, 0.4) is 0 Å². The number of para-hydroxylation sites is 1. The number of hydrogen-bond donors (Lipinski definition) is 1. The van der Waals surface area contributed by atoms with Gasteiger partial charge in [-0.05, 0) is 36.9 Å². The molecule has 1 saturated heterocycles. The van der Waals surface area contributed by atoms with Crippen molar-refractivity contribution in [3.8, 4) is 0 Å². The van der Waals surface area contributed by atoms with Gasteiger partial charge in [-0.3, -0.25) is 0 Å². The van der Waals surface area contributed by atoms with E-state index >= 15 is 0 Å². The van der Waals surface area contributed by atoms with Crippen molar-refractivity contribution in [2.24, 2.45) is 11.8 Å². The van der Waals surface area contributed by atoms with Crippen molar-refractivity contribution in [2.45, 2.75) is 26.8 Å². The monoisotopic (exact) mass is 266 g/mol. The summed E-state index contributed by atoms with van der Waals surface area (Å²) in [4.78, 5) is 2.46. The lowest BCUT2D eigenvalue weighted by Crippen LogP contribution is -2.23. The van der Waals surface area contributed by atoms with E-state index in [4.69, 9.17) is 11.6 Å². The molecule has 2 nitrogen and oxygen atoms in total. The standard InChI is InChI=1S/C15H23ClN2/c1-11(2)13-7-8-18(10-13)15-12(9-17-3)5-4-6-14(15)16/h4-6,11,13,17H,7-10H2,1-3H3. The Morgan fingerprint density at radius 3 is 2.83 bits per heavy atom. The first-order valence-electron chi connectivity index (χ1n) is 6.80. The van der Waals surface area contributed by atoms with Gasteiger partial charge in [0.15, 0.2) is 0 Å². The van der Waals surface area contributed by atoms with Gasteiger partial charge in [-0.15, -0.1) is 0 Å². The third-order valence-corrected chi connectivity index (χ3v) is 4.23. The van der Waals surface area contributed by atoms with Gasteiger partial charge in [0.1, 0.15) is 0 Å². The van der Waals surface area contributed by atoms with Gasteiger partial charge in [-0.25, -0.2) is 0 Å². The van der Waals surface area contributed by atoms with Crippen LogP contribution < -0.4 is 10.2 Å². The molecule has 0 amide bonds. The van der Waals surface area contributed by atoms with E-state index in [0.29, 0.717) is 0 Å². The minimum Gasteiger partial charge on any atom is -0.370 e. The maximum Gasteiger partial charge on any atom is 0.0642 e. The van der Waals surface area contributed by atoms with E-state index in [1.807, 2.05) is 19.2 Å². The SMILES string of the molecule is CNCc1cccc(Cl)c1N1CCC(C(C)C)C1. The van der Waals surface area contributed by atoms with Gasteiger partial charge in [0.05, 0.1) is 10.7 Å². The van der Waals surface area contributed by atoms with Gasteiger partial charge in [-0.2, -0.15) is 0 Å². The molecule has 1 atom stereocenters. The third-order valence-electron chi connectivity index (χ3n) is 3.92. The molecule has 3 heteroatoms. The normalized spacial score (nSPS) is 19.8. The molecule has 1 aromatic rings. The van der Waals surface area contributed by atoms with Gasteiger partial charge in [-0.1, -0.05) is 37.6 Å². The fourth-order valence-electron chi connectivity index (χ4n) is 2.78. The van der Waals surface area contributed by atoms with E-state index in [1.54, 1.807) is 0 Å². The fourth-order valence-corrected chi connectivity index (χ4v) is 3.10. The molecule has 1 heterocycles. The Balaban J connectivity index is 2.23. The van der Waals surface area contributed by atoms with Gasteiger partial charge in [0, 0.05) is 19.6 Å². The smallest absolute Gasteiger partial charge is 0.0642 e. The summed E-state index contributed by atoms with van der Waals surface area (Å²) in [6.45, 7) is 7.77. The number of halogens is 1. The lowest BCUT2D eigenvalue weighted by molar-refractivity contribution is 0.422. The third kappa shape index (κ3) is 2.81. The summed E-state index contributed by atoms with van der Waals surface area (Å²) in [6.07, 6.45) is 1.28. The molecule has 100 valence electrons. The van der Waals surface area contributed by atoms with Gasteiger partial charge in [0.25, 0.3) is 0 Å². The van der Waals surface area contributed by atoms with Crippen molar-refractivity contribution in [1.29, 1.82) is 0 Å². The van der Waals surface area contributed by atoms with Crippen molar-refractivity contribution >= 4 is 17.3 Å². The Hall–Kier alpha value is -0.730. The van der Waals surface area contributed by atoms with Crippen molar-refractivity contribution in [2.75, 3.05) is 25.0 Å². The van der Waals surface area contributed by atoms with E-state index in [0.717, 1.165) is 36.5 Å². The fraction of sp³-hybridized carbons (Fsp3) is 0.600. The number of nitrogens with one attached hydrogen (secondary N) is 1. The molecule has 2 rings (SSSR count). The molecule has 0 aliphatic carbocycles. The number of anilines is 1. The van der Waals surface area contributed by atoms with Crippen LogP contribution in [0.4, 0.5) is 5.69 Å². The highest BCUT2D eigenvalue weighted by Crippen LogP contribution is 2.35. The van der Waals surface area contributed by atoms with E-state index < -0.39 is 0 Å². The molecule has 0 saturated carbocycles. The highest BCUT2D eigenvalue weighted by atomic mass is 35.5. The van der Waals surface area contributed by atoms with Gasteiger partial charge in [0.2, 0.25) is 0 Å². The van der Waals surface area contributed by atoms with Gasteiger partial charge < -0.3 is 10.2 Å².